The van der Waals surface area contributed by atoms with E-state index in [9.17, 15) is 9.59 Å². The van der Waals surface area contributed by atoms with Crippen LogP contribution < -0.4 is 10.2 Å². The summed E-state index contributed by atoms with van der Waals surface area (Å²) in [5.74, 6) is -0.271. The molecule has 1 aliphatic heterocycles. The van der Waals surface area contributed by atoms with Crippen molar-refractivity contribution in [2.45, 2.75) is 39.2 Å². The number of aromatic amines is 1. The lowest BCUT2D eigenvalue weighted by Gasteiger charge is -2.21. The summed E-state index contributed by atoms with van der Waals surface area (Å²) in [5, 5.41) is 3.43. The van der Waals surface area contributed by atoms with Crippen molar-refractivity contribution >= 4 is 28.3 Å². The van der Waals surface area contributed by atoms with Gasteiger partial charge in [-0.15, -0.1) is 0 Å². The molecule has 2 aromatic heterocycles. The van der Waals surface area contributed by atoms with Gasteiger partial charge in [0, 0.05) is 38.4 Å². The van der Waals surface area contributed by atoms with Gasteiger partial charge in [0.05, 0.1) is 24.7 Å². The van der Waals surface area contributed by atoms with Crippen LogP contribution in [0.25, 0.3) is 0 Å². The second-order valence-corrected chi connectivity index (χ2v) is 7.24. The van der Waals surface area contributed by atoms with Crippen molar-refractivity contribution in [3.63, 3.8) is 0 Å². The molecule has 1 unspecified atom stereocenters. The van der Waals surface area contributed by atoms with E-state index in [-0.39, 0.29) is 17.9 Å². The van der Waals surface area contributed by atoms with Gasteiger partial charge < -0.3 is 15.0 Å². The molecule has 1 saturated heterocycles. The number of aromatic nitrogens is 3. The van der Waals surface area contributed by atoms with Crippen molar-refractivity contribution in [1.82, 2.24) is 20.3 Å². The van der Waals surface area contributed by atoms with E-state index in [4.69, 9.17) is 4.74 Å². The fraction of sp³-hybridized carbons (Fsp3) is 0.529. The number of ether oxygens (including phenoxy) is 1. The summed E-state index contributed by atoms with van der Waals surface area (Å²) in [6.07, 6.45) is 6.01. The van der Waals surface area contributed by atoms with E-state index in [0.29, 0.717) is 35.2 Å². The number of thiazole rings is 1. The van der Waals surface area contributed by atoms with Gasteiger partial charge in [0.2, 0.25) is 5.91 Å². The molecule has 1 atom stereocenters. The number of carbonyl (C=O) groups is 2. The molecule has 3 rings (SSSR count). The van der Waals surface area contributed by atoms with Gasteiger partial charge >= 0.3 is 0 Å². The van der Waals surface area contributed by atoms with E-state index >= 15 is 0 Å². The summed E-state index contributed by atoms with van der Waals surface area (Å²) in [6.45, 7) is 5.00. The number of aryl methyl sites for hydroxylation is 1. The largest absolute Gasteiger partial charge is 0.376 e. The quantitative estimate of drug-likeness (QED) is 0.765. The summed E-state index contributed by atoms with van der Waals surface area (Å²) in [4.78, 5) is 38.0. The summed E-state index contributed by atoms with van der Waals surface area (Å²) in [5.41, 5.74) is 1.59. The van der Waals surface area contributed by atoms with E-state index in [0.717, 1.165) is 25.1 Å². The molecule has 140 valence electrons. The van der Waals surface area contributed by atoms with Crippen LogP contribution >= 0.6 is 11.3 Å². The molecule has 2 N–H and O–H groups in total. The van der Waals surface area contributed by atoms with Gasteiger partial charge in [0.25, 0.3) is 5.91 Å². The first kappa shape index (κ1) is 18.5. The minimum absolute atomic E-state index is 0.0368. The van der Waals surface area contributed by atoms with E-state index in [1.807, 2.05) is 0 Å². The molecule has 0 spiro atoms. The second-order valence-electron chi connectivity index (χ2n) is 6.26. The van der Waals surface area contributed by atoms with Crippen molar-refractivity contribution in [3.05, 3.63) is 28.8 Å². The highest BCUT2D eigenvalue weighted by Crippen LogP contribution is 2.27. The monoisotopic (exact) mass is 377 g/mol. The van der Waals surface area contributed by atoms with Gasteiger partial charge in [-0.2, -0.15) is 0 Å². The second kappa shape index (κ2) is 8.41. The molecular weight excluding hydrogens is 354 g/mol. The molecule has 8 nitrogen and oxygen atoms in total. The fourth-order valence-electron chi connectivity index (χ4n) is 2.85. The van der Waals surface area contributed by atoms with Crippen molar-refractivity contribution in [2.24, 2.45) is 0 Å². The molecule has 0 bridgehead atoms. The molecular formula is C17H23N5O3S. The summed E-state index contributed by atoms with van der Waals surface area (Å²) >= 11 is 1.24. The van der Waals surface area contributed by atoms with Gasteiger partial charge in [-0.3, -0.25) is 14.5 Å². The molecule has 0 saturated carbocycles. The number of imidazole rings is 1. The van der Waals surface area contributed by atoms with Gasteiger partial charge in [-0.1, -0.05) is 11.3 Å². The third-order valence-electron chi connectivity index (χ3n) is 4.25. The van der Waals surface area contributed by atoms with E-state index in [2.05, 4.69) is 20.3 Å². The number of nitrogens with one attached hydrogen (secondary N) is 2. The van der Waals surface area contributed by atoms with Crippen LogP contribution in [0.15, 0.2) is 12.5 Å². The summed E-state index contributed by atoms with van der Waals surface area (Å²) < 4.78 is 5.62. The van der Waals surface area contributed by atoms with Crippen molar-refractivity contribution in [1.29, 1.82) is 0 Å². The Balaban J connectivity index is 1.64. The van der Waals surface area contributed by atoms with Crippen LogP contribution in [0.2, 0.25) is 0 Å². The van der Waals surface area contributed by atoms with Gasteiger partial charge in [0.1, 0.15) is 4.88 Å². The van der Waals surface area contributed by atoms with Gasteiger partial charge in [-0.05, 0) is 19.8 Å². The zero-order chi connectivity index (χ0) is 18.5. The van der Waals surface area contributed by atoms with Crippen LogP contribution in [-0.4, -0.2) is 52.6 Å². The first-order valence-electron chi connectivity index (χ1n) is 8.67. The average Bonchev–Trinajstić information content (AvgIpc) is 3.34. The molecule has 1 aliphatic rings. The highest BCUT2D eigenvalue weighted by atomic mass is 32.1. The highest BCUT2D eigenvalue weighted by molar-refractivity contribution is 7.17. The number of amides is 2. The Morgan fingerprint density at radius 1 is 1.50 bits per heavy atom. The maximum absolute atomic E-state index is 12.4. The van der Waals surface area contributed by atoms with E-state index in [1.54, 1.807) is 24.3 Å². The Bertz CT molecular complexity index is 753. The zero-order valence-corrected chi connectivity index (χ0v) is 15.8. The zero-order valence-electron chi connectivity index (χ0n) is 14.9. The lowest BCUT2D eigenvalue weighted by molar-refractivity contribution is -0.116. The van der Waals surface area contributed by atoms with E-state index < -0.39 is 0 Å². The summed E-state index contributed by atoms with van der Waals surface area (Å²) in [6, 6.07) is 0. The first-order valence-corrected chi connectivity index (χ1v) is 9.49. The Morgan fingerprint density at radius 3 is 3.00 bits per heavy atom. The molecule has 9 heteroatoms. The Kier molecular flexibility index (Phi) is 6.00. The highest BCUT2D eigenvalue weighted by Gasteiger charge is 2.25. The Morgan fingerprint density at radius 2 is 2.35 bits per heavy atom. The molecule has 1 fully saturated rings. The molecule has 2 amide bonds. The predicted octanol–water partition coefficient (Wildman–Crippen LogP) is 1.68. The number of carbonyl (C=O) groups excluding carboxylic acids is 2. The SMILES string of the molecule is CC(=O)N(CC1CCCO1)c1nc(C)c(C(=O)NCCc2cnc[nH]2)s1. The smallest absolute Gasteiger partial charge is 0.263 e. The molecule has 0 radical (unpaired) electrons. The van der Waals surface area contributed by atoms with Gasteiger partial charge in [0.15, 0.2) is 5.13 Å². The summed E-state index contributed by atoms with van der Waals surface area (Å²) in [7, 11) is 0. The third-order valence-corrected chi connectivity index (χ3v) is 5.43. The Hall–Kier alpha value is -2.26. The van der Waals surface area contributed by atoms with Gasteiger partial charge in [-0.25, -0.2) is 9.97 Å². The van der Waals surface area contributed by atoms with Crippen LogP contribution in [0.5, 0.6) is 0 Å². The van der Waals surface area contributed by atoms with E-state index in [1.165, 1.54) is 18.3 Å². The number of anilines is 1. The number of H-pyrrole nitrogens is 1. The number of hydrogen-bond donors (Lipinski definition) is 2. The van der Waals surface area contributed by atoms with Crippen LogP contribution in [-0.2, 0) is 16.0 Å². The molecule has 3 heterocycles. The molecule has 0 aromatic carbocycles. The number of nitrogens with zero attached hydrogens (tertiary/aromatic N) is 3. The van der Waals surface area contributed by atoms with Crippen LogP contribution in [0.4, 0.5) is 5.13 Å². The molecule has 26 heavy (non-hydrogen) atoms. The normalized spacial score (nSPS) is 16.6. The lowest BCUT2D eigenvalue weighted by Crippen LogP contribution is -2.35. The number of rotatable bonds is 7. The first-order chi connectivity index (χ1) is 12.5. The number of hydrogen-bond acceptors (Lipinski definition) is 6. The molecule has 2 aromatic rings. The Labute approximate surface area is 156 Å². The maximum Gasteiger partial charge on any atom is 0.263 e. The minimum Gasteiger partial charge on any atom is -0.376 e. The van der Waals surface area contributed by atoms with Crippen LogP contribution in [0.1, 0.15) is 40.8 Å². The maximum atomic E-state index is 12.4. The van der Waals surface area contributed by atoms with Crippen molar-refractivity contribution < 1.29 is 14.3 Å². The fourth-order valence-corrected chi connectivity index (χ4v) is 3.89. The lowest BCUT2D eigenvalue weighted by atomic mass is 10.2. The average molecular weight is 377 g/mol. The van der Waals surface area contributed by atoms with Crippen molar-refractivity contribution in [3.8, 4) is 0 Å². The van der Waals surface area contributed by atoms with Crippen molar-refractivity contribution in [2.75, 3.05) is 24.6 Å². The topological polar surface area (TPSA) is 100 Å². The third kappa shape index (κ3) is 4.47. The van der Waals surface area contributed by atoms with Crippen LogP contribution in [0.3, 0.4) is 0 Å². The standard InChI is InChI=1S/C17H23N5O3S/c1-11-15(16(24)19-6-5-13-8-18-10-20-13)26-17(21-11)22(12(2)23)9-14-4-3-7-25-14/h8,10,14H,3-7,9H2,1-2H3,(H,18,20)(H,19,24). The minimum atomic E-state index is -0.175. The van der Waals surface area contributed by atoms with Crippen LogP contribution in [0, 0.1) is 6.92 Å². The predicted molar refractivity (Wildman–Crippen MR) is 98.5 cm³/mol. The molecule has 0 aliphatic carbocycles.